The van der Waals surface area contributed by atoms with Crippen LogP contribution in [0.4, 0.5) is 5.69 Å². The van der Waals surface area contributed by atoms with E-state index < -0.39 is 0 Å². The van der Waals surface area contributed by atoms with Crippen LogP contribution in [-0.4, -0.2) is 15.4 Å². The highest BCUT2D eigenvalue weighted by Gasteiger charge is 2.48. The van der Waals surface area contributed by atoms with E-state index in [0.717, 1.165) is 24.2 Å². The van der Waals surface area contributed by atoms with Crippen LogP contribution in [0.15, 0.2) is 30.5 Å². The zero-order valence-electron chi connectivity index (χ0n) is 8.27. The highest BCUT2D eigenvalue weighted by atomic mass is 15.3. The second kappa shape index (κ2) is 2.82. The molecule has 1 saturated carbocycles. The average Bonchev–Trinajstić information content (AvgIpc) is 2.87. The summed E-state index contributed by atoms with van der Waals surface area (Å²) in [6.07, 6.45) is 4.06. The topological polar surface area (TPSA) is 67.6 Å². The van der Waals surface area contributed by atoms with Gasteiger partial charge >= 0.3 is 0 Å². The molecular formula is C11H12N4. The van der Waals surface area contributed by atoms with Crippen LogP contribution in [0.3, 0.4) is 0 Å². The summed E-state index contributed by atoms with van der Waals surface area (Å²) in [5.74, 6) is 0. The fourth-order valence-electron chi connectivity index (χ4n) is 2.09. The molecule has 3 N–H and O–H groups in total. The van der Waals surface area contributed by atoms with Gasteiger partial charge in [-0.05, 0) is 30.5 Å². The Morgan fingerprint density at radius 3 is 2.80 bits per heavy atom. The number of aromatic nitrogens is 3. The molecule has 1 aromatic carbocycles. The molecule has 15 heavy (non-hydrogen) atoms. The molecule has 0 spiro atoms. The first kappa shape index (κ1) is 8.47. The van der Waals surface area contributed by atoms with Gasteiger partial charge in [0, 0.05) is 11.1 Å². The fraction of sp³-hybridized carbons (Fsp3) is 0.273. The predicted molar refractivity (Wildman–Crippen MR) is 57.3 cm³/mol. The smallest absolute Gasteiger partial charge is 0.0930 e. The highest BCUT2D eigenvalue weighted by molar-refractivity contribution is 5.49. The molecule has 0 aliphatic heterocycles. The molecule has 0 unspecified atom stereocenters. The van der Waals surface area contributed by atoms with Crippen molar-refractivity contribution in [1.82, 2.24) is 15.4 Å². The summed E-state index contributed by atoms with van der Waals surface area (Å²) in [5, 5.41) is 10.7. The summed E-state index contributed by atoms with van der Waals surface area (Å²) in [7, 11) is 0. The molecule has 2 aromatic rings. The maximum absolute atomic E-state index is 5.79. The van der Waals surface area contributed by atoms with Crippen molar-refractivity contribution in [3.63, 3.8) is 0 Å². The van der Waals surface area contributed by atoms with Gasteiger partial charge in [0.25, 0.3) is 0 Å². The average molecular weight is 200 g/mol. The summed E-state index contributed by atoms with van der Waals surface area (Å²) in [4.78, 5) is 0. The van der Waals surface area contributed by atoms with Gasteiger partial charge in [-0.15, -0.1) is 0 Å². The van der Waals surface area contributed by atoms with Crippen LogP contribution in [-0.2, 0) is 5.41 Å². The van der Waals surface area contributed by atoms with E-state index in [1.807, 2.05) is 18.2 Å². The van der Waals surface area contributed by atoms with Gasteiger partial charge in [-0.3, -0.25) is 0 Å². The molecule has 0 atom stereocenters. The molecule has 0 radical (unpaired) electrons. The van der Waals surface area contributed by atoms with Crippen LogP contribution < -0.4 is 5.73 Å². The van der Waals surface area contributed by atoms with Crippen molar-refractivity contribution in [2.45, 2.75) is 18.3 Å². The Kier molecular flexibility index (Phi) is 1.59. The molecule has 0 bridgehead atoms. The first-order valence-electron chi connectivity index (χ1n) is 5.03. The van der Waals surface area contributed by atoms with Crippen molar-refractivity contribution in [3.8, 4) is 0 Å². The Balaban J connectivity index is 2.07. The van der Waals surface area contributed by atoms with E-state index in [-0.39, 0.29) is 5.41 Å². The molecule has 4 heteroatoms. The Bertz CT molecular complexity index is 471. The summed E-state index contributed by atoms with van der Waals surface area (Å²) in [6, 6.07) is 8.03. The summed E-state index contributed by atoms with van der Waals surface area (Å²) in [6.45, 7) is 0. The number of hydrogen-bond acceptors (Lipinski definition) is 3. The molecule has 1 aliphatic carbocycles. The van der Waals surface area contributed by atoms with E-state index >= 15 is 0 Å². The van der Waals surface area contributed by atoms with Crippen LogP contribution >= 0.6 is 0 Å². The molecule has 4 nitrogen and oxygen atoms in total. The second-order valence-electron chi connectivity index (χ2n) is 4.06. The Labute approximate surface area is 87.5 Å². The first-order valence-corrected chi connectivity index (χ1v) is 5.03. The zero-order valence-corrected chi connectivity index (χ0v) is 8.27. The monoisotopic (exact) mass is 200 g/mol. The van der Waals surface area contributed by atoms with Crippen LogP contribution in [0.25, 0.3) is 0 Å². The fourth-order valence-corrected chi connectivity index (χ4v) is 2.09. The van der Waals surface area contributed by atoms with Crippen molar-refractivity contribution in [3.05, 3.63) is 41.7 Å². The molecule has 76 valence electrons. The van der Waals surface area contributed by atoms with E-state index in [1.54, 1.807) is 6.20 Å². The molecule has 3 rings (SSSR count). The summed E-state index contributed by atoms with van der Waals surface area (Å²) in [5.41, 5.74) is 8.94. The van der Waals surface area contributed by atoms with Crippen LogP contribution in [0.2, 0.25) is 0 Å². The predicted octanol–water partition coefficient (Wildman–Crippen LogP) is 1.47. The van der Waals surface area contributed by atoms with E-state index in [1.165, 1.54) is 5.56 Å². The minimum Gasteiger partial charge on any atom is -0.399 e. The summed E-state index contributed by atoms with van der Waals surface area (Å²) >= 11 is 0. The number of aromatic amines is 1. The number of hydrogen-bond donors (Lipinski definition) is 2. The number of nitrogens with two attached hydrogens (primary N) is 1. The molecule has 0 saturated heterocycles. The number of nitrogens with one attached hydrogen (secondary N) is 1. The Hall–Kier alpha value is -1.84. The third-order valence-electron chi connectivity index (χ3n) is 3.09. The number of nitrogens with zero attached hydrogens (tertiary/aromatic N) is 2. The molecule has 1 aromatic heterocycles. The van der Waals surface area contributed by atoms with Crippen molar-refractivity contribution in [1.29, 1.82) is 0 Å². The van der Waals surface area contributed by atoms with Gasteiger partial charge in [0.2, 0.25) is 0 Å². The van der Waals surface area contributed by atoms with Crippen molar-refractivity contribution < 1.29 is 0 Å². The third kappa shape index (κ3) is 1.21. The number of benzene rings is 1. The molecule has 1 heterocycles. The maximum atomic E-state index is 5.79. The van der Waals surface area contributed by atoms with Crippen molar-refractivity contribution >= 4 is 5.69 Å². The van der Waals surface area contributed by atoms with Gasteiger partial charge in [-0.2, -0.15) is 15.4 Å². The lowest BCUT2D eigenvalue weighted by Gasteiger charge is -2.12. The van der Waals surface area contributed by atoms with Gasteiger partial charge in [0.1, 0.15) is 0 Å². The van der Waals surface area contributed by atoms with Crippen molar-refractivity contribution in [2.75, 3.05) is 5.73 Å². The Morgan fingerprint density at radius 2 is 2.20 bits per heavy atom. The van der Waals surface area contributed by atoms with E-state index in [4.69, 9.17) is 5.73 Å². The van der Waals surface area contributed by atoms with Crippen molar-refractivity contribution in [2.24, 2.45) is 0 Å². The number of nitrogen functional groups attached to an aromatic ring is 1. The largest absolute Gasteiger partial charge is 0.399 e. The van der Waals surface area contributed by atoms with E-state index in [2.05, 4.69) is 21.5 Å². The Morgan fingerprint density at radius 1 is 1.33 bits per heavy atom. The minimum atomic E-state index is 0.0718. The molecule has 1 aliphatic rings. The second-order valence-corrected chi connectivity index (χ2v) is 4.06. The summed E-state index contributed by atoms with van der Waals surface area (Å²) < 4.78 is 0. The molecule has 0 amide bonds. The lowest BCUT2D eigenvalue weighted by atomic mass is 9.93. The standard InChI is InChI=1S/C11H12N4/c12-9-3-1-2-8(6-9)11(4-5-11)10-7-13-15-14-10/h1-3,6-7H,4-5,12H2,(H,13,14,15). The van der Waals surface area contributed by atoms with Crippen LogP contribution in [0, 0.1) is 0 Å². The zero-order chi connectivity index (χ0) is 10.3. The number of rotatable bonds is 2. The molecular weight excluding hydrogens is 188 g/mol. The quantitative estimate of drug-likeness (QED) is 0.721. The third-order valence-corrected chi connectivity index (χ3v) is 3.09. The lowest BCUT2D eigenvalue weighted by Crippen LogP contribution is -2.09. The minimum absolute atomic E-state index is 0.0718. The van der Waals surface area contributed by atoms with Crippen LogP contribution in [0.5, 0.6) is 0 Å². The SMILES string of the molecule is Nc1cccc(C2(c3cn[nH]n3)CC2)c1. The van der Waals surface area contributed by atoms with Crippen LogP contribution in [0.1, 0.15) is 24.1 Å². The van der Waals surface area contributed by atoms with E-state index in [9.17, 15) is 0 Å². The normalized spacial score (nSPS) is 17.6. The van der Waals surface area contributed by atoms with Gasteiger partial charge < -0.3 is 5.73 Å². The first-order chi connectivity index (χ1) is 7.31. The highest BCUT2D eigenvalue weighted by Crippen LogP contribution is 2.52. The number of H-pyrrole nitrogens is 1. The molecule has 1 fully saturated rings. The van der Waals surface area contributed by atoms with Gasteiger partial charge in [-0.25, -0.2) is 0 Å². The van der Waals surface area contributed by atoms with E-state index in [0.29, 0.717) is 0 Å². The number of anilines is 1. The van der Waals surface area contributed by atoms with Gasteiger partial charge in [0.05, 0.1) is 11.9 Å². The van der Waals surface area contributed by atoms with Gasteiger partial charge in [0.15, 0.2) is 0 Å². The maximum Gasteiger partial charge on any atom is 0.0930 e. The van der Waals surface area contributed by atoms with Gasteiger partial charge in [-0.1, -0.05) is 12.1 Å². The lowest BCUT2D eigenvalue weighted by molar-refractivity contribution is 0.787.